The highest BCUT2D eigenvalue weighted by molar-refractivity contribution is 5.80. The van der Waals surface area contributed by atoms with Crippen LogP contribution in [-0.4, -0.2) is 17.8 Å². The minimum Gasteiger partial charge on any atom is -0.494 e. The van der Waals surface area contributed by atoms with Gasteiger partial charge in [0.2, 0.25) is 0 Å². The highest BCUT2D eigenvalue weighted by Gasteiger charge is 1.93. The Bertz CT molecular complexity index is 511. The Morgan fingerprint density at radius 2 is 2.22 bits per heavy atom. The molecule has 0 atom stereocenters. The van der Waals surface area contributed by atoms with E-state index in [1.54, 1.807) is 12.4 Å². The summed E-state index contributed by atoms with van der Waals surface area (Å²) in [6, 6.07) is 13.4. The Labute approximate surface area is 106 Å². The van der Waals surface area contributed by atoms with Gasteiger partial charge >= 0.3 is 0 Å². The smallest absolute Gasteiger partial charge is 0.146 e. The average molecular weight is 241 g/mol. The summed E-state index contributed by atoms with van der Waals surface area (Å²) in [6.45, 7) is 2.62. The lowest BCUT2D eigenvalue weighted by Gasteiger charge is -2.03. The molecule has 0 unspecified atom stereocenters. The molecular weight excluding hydrogens is 226 g/mol. The fourth-order valence-corrected chi connectivity index (χ4v) is 1.45. The number of rotatable bonds is 5. The van der Waals surface area contributed by atoms with E-state index in [0.29, 0.717) is 6.61 Å². The number of aromatic nitrogens is 1. The van der Waals surface area contributed by atoms with Crippen molar-refractivity contribution in [3.8, 4) is 5.75 Å². The lowest BCUT2D eigenvalue weighted by molar-refractivity contribution is 0.340. The largest absolute Gasteiger partial charge is 0.494 e. The van der Waals surface area contributed by atoms with Crippen LogP contribution in [0.2, 0.25) is 0 Å². The third-order valence-corrected chi connectivity index (χ3v) is 2.23. The van der Waals surface area contributed by atoms with E-state index in [2.05, 4.69) is 15.5 Å². The second-order valence-electron chi connectivity index (χ2n) is 3.59. The van der Waals surface area contributed by atoms with Gasteiger partial charge in [0.15, 0.2) is 0 Å². The second kappa shape index (κ2) is 6.39. The summed E-state index contributed by atoms with van der Waals surface area (Å²) >= 11 is 0. The molecule has 2 rings (SSSR count). The Morgan fingerprint density at radius 3 is 3.00 bits per heavy atom. The topological polar surface area (TPSA) is 46.5 Å². The maximum absolute atomic E-state index is 5.42. The van der Waals surface area contributed by atoms with Crippen molar-refractivity contribution in [3.63, 3.8) is 0 Å². The molecule has 2 aromatic rings. The van der Waals surface area contributed by atoms with Crippen molar-refractivity contribution in [2.24, 2.45) is 5.10 Å². The molecular formula is C14H15N3O. The molecule has 18 heavy (non-hydrogen) atoms. The van der Waals surface area contributed by atoms with Crippen LogP contribution in [0.5, 0.6) is 5.75 Å². The van der Waals surface area contributed by atoms with Gasteiger partial charge in [-0.1, -0.05) is 18.2 Å². The zero-order chi connectivity index (χ0) is 12.6. The normalized spacial score (nSPS) is 10.5. The number of anilines is 1. The molecule has 0 aliphatic rings. The van der Waals surface area contributed by atoms with Crippen LogP contribution in [0.1, 0.15) is 12.5 Å². The molecule has 4 heteroatoms. The number of hydrogen-bond donors (Lipinski definition) is 1. The molecule has 0 fully saturated rings. The minimum atomic E-state index is 0.660. The van der Waals surface area contributed by atoms with E-state index < -0.39 is 0 Å². The Balaban J connectivity index is 1.98. The van der Waals surface area contributed by atoms with Crippen molar-refractivity contribution in [1.82, 2.24) is 4.98 Å². The standard InChI is InChI=1S/C14H15N3O/c1-2-18-13-7-5-6-12(10-13)11-16-17-14-8-3-4-9-15-14/h3-11H,2H2,1H3,(H,15,17)/b16-11+. The van der Waals surface area contributed by atoms with E-state index in [1.165, 1.54) is 0 Å². The average Bonchev–Trinajstić information content (AvgIpc) is 2.41. The molecule has 0 radical (unpaired) electrons. The van der Waals surface area contributed by atoms with Crippen LogP contribution in [0, 0.1) is 0 Å². The number of nitrogens with zero attached hydrogens (tertiary/aromatic N) is 2. The lowest BCUT2D eigenvalue weighted by Crippen LogP contribution is -1.94. The number of ether oxygens (including phenoxy) is 1. The van der Waals surface area contributed by atoms with Gasteiger partial charge in [-0.25, -0.2) is 4.98 Å². The molecule has 4 nitrogen and oxygen atoms in total. The first-order valence-electron chi connectivity index (χ1n) is 5.81. The zero-order valence-corrected chi connectivity index (χ0v) is 10.2. The monoisotopic (exact) mass is 241 g/mol. The summed E-state index contributed by atoms with van der Waals surface area (Å²) in [5.41, 5.74) is 3.84. The highest BCUT2D eigenvalue weighted by atomic mass is 16.5. The molecule has 0 saturated heterocycles. The summed E-state index contributed by atoms with van der Waals surface area (Å²) in [5, 5.41) is 4.12. The Hall–Kier alpha value is -2.36. The number of benzene rings is 1. The van der Waals surface area contributed by atoms with E-state index >= 15 is 0 Å². The number of hydrogen-bond acceptors (Lipinski definition) is 4. The van der Waals surface area contributed by atoms with Crippen molar-refractivity contribution < 1.29 is 4.74 Å². The molecule has 0 saturated carbocycles. The fraction of sp³-hybridized carbons (Fsp3) is 0.143. The van der Waals surface area contributed by atoms with Crippen LogP contribution >= 0.6 is 0 Å². The van der Waals surface area contributed by atoms with Gasteiger partial charge in [-0.05, 0) is 36.8 Å². The van der Waals surface area contributed by atoms with Crippen LogP contribution < -0.4 is 10.2 Å². The first-order valence-corrected chi connectivity index (χ1v) is 5.81. The third-order valence-electron chi connectivity index (χ3n) is 2.23. The maximum Gasteiger partial charge on any atom is 0.146 e. The molecule has 0 spiro atoms. The molecule has 1 aromatic heterocycles. The molecule has 92 valence electrons. The minimum absolute atomic E-state index is 0.660. The van der Waals surface area contributed by atoms with Crippen LogP contribution in [0.4, 0.5) is 5.82 Å². The molecule has 1 aromatic carbocycles. The molecule has 0 aliphatic carbocycles. The number of hydrazone groups is 1. The zero-order valence-electron chi connectivity index (χ0n) is 10.2. The van der Waals surface area contributed by atoms with E-state index in [4.69, 9.17) is 4.74 Å². The Kier molecular flexibility index (Phi) is 4.30. The van der Waals surface area contributed by atoms with Gasteiger partial charge in [0.05, 0.1) is 12.8 Å². The van der Waals surface area contributed by atoms with Crippen LogP contribution in [-0.2, 0) is 0 Å². The van der Waals surface area contributed by atoms with Gasteiger partial charge in [0, 0.05) is 6.20 Å². The SMILES string of the molecule is CCOc1cccc(/C=N/Nc2ccccn2)c1. The summed E-state index contributed by atoms with van der Waals surface area (Å²) < 4.78 is 5.42. The molecule has 0 bridgehead atoms. The number of pyridine rings is 1. The molecule has 0 amide bonds. The van der Waals surface area contributed by atoms with Gasteiger partial charge in [-0.2, -0.15) is 5.10 Å². The predicted molar refractivity (Wildman–Crippen MR) is 73.1 cm³/mol. The Morgan fingerprint density at radius 1 is 1.28 bits per heavy atom. The van der Waals surface area contributed by atoms with Crippen LogP contribution in [0.25, 0.3) is 0 Å². The van der Waals surface area contributed by atoms with E-state index in [-0.39, 0.29) is 0 Å². The van der Waals surface area contributed by atoms with Gasteiger partial charge in [-0.15, -0.1) is 0 Å². The summed E-state index contributed by atoms with van der Waals surface area (Å²) in [4.78, 5) is 4.11. The van der Waals surface area contributed by atoms with E-state index in [9.17, 15) is 0 Å². The van der Waals surface area contributed by atoms with Crippen molar-refractivity contribution >= 4 is 12.0 Å². The first kappa shape index (κ1) is 12.1. The van der Waals surface area contributed by atoms with E-state index in [0.717, 1.165) is 17.1 Å². The van der Waals surface area contributed by atoms with Crippen LogP contribution in [0.15, 0.2) is 53.8 Å². The van der Waals surface area contributed by atoms with Gasteiger partial charge < -0.3 is 4.74 Å². The van der Waals surface area contributed by atoms with Crippen molar-refractivity contribution in [2.45, 2.75) is 6.92 Å². The lowest BCUT2D eigenvalue weighted by atomic mass is 10.2. The van der Waals surface area contributed by atoms with E-state index in [1.807, 2.05) is 49.4 Å². The van der Waals surface area contributed by atoms with Crippen molar-refractivity contribution in [2.75, 3.05) is 12.0 Å². The quantitative estimate of drug-likeness (QED) is 0.646. The maximum atomic E-state index is 5.42. The van der Waals surface area contributed by atoms with Gasteiger partial charge in [-0.3, -0.25) is 5.43 Å². The second-order valence-corrected chi connectivity index (χ2v) is 3.59. The summed E-state index contributed by atoms with van der Waals surface area (Å²) in [5.74, 6) is 1.56. The first-order chi connectivity index (χ1) is 8.88. The molecule has 1 N–H and O–H groups in total. The molecule has 1 heterocycles. The predicted octanol–water partition coefficient (Wildman–Crippen LogP) is 2.93. The van der Waals surface area contributed by atoms with Gasteiger partial charge in [0.25, 0.3) is 0 Å². The fourth-order valence-electron chi connectivity index (χ4n) is 1.45. The molecule has 0 aliphatic heterocycles. The number of nitrogens with one attached hydrogen (secondary N) is 1. The van der Waals surface area contributed by atoms with Gasteiger partial charge in [0.1, 0.15) is 11.6 Å². The highest BCUT2D eigenvalue weighted by Crippen LogP contribution is 2.11. The third kappa shape index (κ3) is 3.59. The summed E-state index contributed by atoms with van der Waals surface area (Å²) in [6.07, 6.45) is 3.45. The van der Waals surface area contributed by atoms with Crippen molar-refractivity contribution in [3.05, 3.63) is 54.2 Å². The van der Waals surface area contributed by atoms with Crippen molar-refractivity contribution in [1.29, 1.82) is 0 Å². The van der Waals surface area contributed by atoms with Crippen LogP contribution in [0.3, 0.4) is 0 Å². The summed E-state index contributed by atoms with van der Waals surface area (Å²) in [7, 11) is 0.